The topological polar surface area (TPSA) is 137 Å². The first-order valence-corrected chi connectivity index (χ1v) is 10.5. The Balaban J connectivity index is 1.73. The summed E-state index contributed by atoms with van der Waals surface area (Å²) in [7, 11) is 1.47. The van der Waals surface area contributed by atoms with Crippen molar-refractivity contribution in [3.63, 3.8) is 0 Å². The van der Waals surface area contributed by atoms with Crippen molar-refractivity contribution < 1.29 is 28.8 Å². The highest BCUT2D eigenvalue weighted by Gasteiger charge is 2.27. The SMILES string of the molecule is COc1cccc(C(=O)NCC(=O)OC(C(=O)Nc2ccc(C)cc2[N+](=O)[O-])c2ccccc2)c1. The monoisotopic (exact) mass is 477 g/mol. The van der Waals surface area contributed by atoms with E-state index >= 15 is 0 Å². The maximum Gasteiger partial charge on any atom is 0.326 e. The number of nitro groups is 1. The molecule has 2 N–H and O–H groups in total. The Bertz CT molecular complexity index is 1240. The number of carbonyl (C=O) groups is 3. The molecule has 1 atom stereocenters. The summed E-state index contributed by atoms with van der Waals surface area (Å²) in [5.74, 6) is -1.71. The van der Waals surface area contributed by atoms with E-state index in [-0.39, 0.29) is 16.9 Å². The zero-order chi connectivity index (χ0) is 25.4. The summed E-state index contributed by atoms with van der Waals surface area (Å²) < 4.78 is 10.4. The number of aryl methyl sites for hydroxylation is 1. The third kappa shape index (κ3) is 6.64. The van der Waals surface area contributed by atoms with Gasteiger partial charge in [-0.15, -0.1) is 0 Å². The van der Waals surface area contributed by atoms with Crippen molar-refractivity contribution in [1.82, 2.24) is 5.32 Å². The van der Waals surface area contributed by atoms with Gasteiger partial charge >= 0.3 is 5.97 Å². The summed E-state index contributed by atoms with van der Waals surface area (Å²) in [4.78, 5) is 48.7. The molecule has 0 fully saturated rings. The van der Waals surface area contributed by atoms with Crippen molar-refractivity contribution in [3.05, 3.63) is 99.6 Å². The average Bonchev–Trinajstić information content (AvgIpc) is 2.87. The number of nitrogens with zero attached hydrogens (tertiary/aromatic N) is 1. The molecule has 180 valence electrons. The molecule has 0 spiro atoms. The van der Waals surface area contributed by atoms with Gasteiger partial charge in [0.15, 0.2) is 0 Å². The van der Waals surface area contributed by atoms with E-state index in [4.69, 9.17) is 9.47 Å². The molecular formula is C25H23N3O7. The Kier molecular flexibility index (Phi) is 8.12. The van der Waals surface area contributed by atoms with Crippen LogP contribution in [0.25, 0.3) is 0 Å². The molecule has 0 aliphatic rings. The molecule has 0 heterocycles. The van der Waals surface area contributed by atoms with Crippen LogP contribution in [0.1, 0.15) is 27.6 Å². The molecule has 10 nitrogen and oxygen atoms in total. The van der Waals surface area contributed by atoms with Gasteiger partial charge in [0.05, 0.1) is 12.0 Å². The van der Waals surface area contributed by atoms with Gasteiger partial charge in [-0.1, -0.05) is 42.5 Å². The predicted octanol–water partition coefficient (Wildman–Crippen LogP) is 3.56. The fourth-order valence-corrected chi connectivity index (χ4v) is 3.19. The van der Waals surface area contributed by atoms with Crippen molar-refractivity contribution in [3.8, 4) is 5.75 Å². The normalized spacial score (nSPS) is 11.1. The number of anilines is 1. The van der Waals surface area contributed by atoms with Crippen LogP contribution in [0.4, 0.5) is 11.4 Å². The highest BCUT2D eigenvalue weighted by atomic mass is 16.6. The van der Waals surface area contributed by atoms with Crippen molar-refractivity contribution in [2.24, 2.45) is 0 Å². The van der Waals surface area contributed by atoms with E-state index < -0.39 is 35.4 Å². The largest absolute Gasteiger partial charge is 0.497 e. The second-order valence-corrected chi connectivity index (χ2v) is 7.46. The van der Waals surface area contributed by atoms with Gasteiger partial charge in [-0.25, -0.2) is 0 Å². The first-order valence-electron chi connectivity index (χ1n) is 10.5. The number of hydrogen-bond acceptors (Lipinski definition) is 7. The van der Waals surface area contributed by atoms with Crippen molar-refractivity contribution in [2.75, 3.05) is 19.0 Å². The van der Waals surface area contributed by atoms with E-state index in [1.54, 1.807) is 61.5 Å². The standard InChI is InChI=1S/C25H23N3O7/c1-16-11-12-20(21(13-16)28(32)33)27-25(31)23(17-7-4-3-5-8-17)35-22(29)15-26-24(30)18-9-6-10-19(14-18)34-2/h3-14,23H,15H2,1-2H3,(H,26,30)(H,27,31). The van der Waals surface area contributed by atoms with Crippen molar-refractivity contribution in [1.29, 1.82) is 0 Å². The highest BCUT2D eigenvalue weighted by Crippen LogP contribution is 2.27. The molecule has 0 bridgehead atoms. The van der Waals surface area contributed by atoms with E-state index in [1.165, 1.54) is 25.3 Å². The van der Waals surface area contributed by atoms with Crippen LogP contribution < -0.4 is 15.4 Å². The summed E-state index contributed by atoms with van der Waals surface area (Å²) in [6.07, 6.45) is -1.40. The Morgan fingerprint density at radius 3 is 2.43 bits per heavy atom. The van der Waals surface area contributed by atoms with E-state index in [2.05, 4.69) is 10.6 Å². The fraction of sp³-hybridized carbons (Fsp3) is 0.160. The van der Waals surface area contributed by atoms with Crippen LogP contribution in [-0.4, -0.2) is 36.4 Å². The van der Waals surface area contributed by atoms with Gasteiger partial charge in [0.1, 0.15) is 18.0 Å². The lowest BCUT2D eigenvalue weighted by Crippen LogP contribution is -2.33. The Labute approximate surface area is 201 Å². The van der Waals surface area contributed by atoms with Crippen LogP contribution in [0.15, 0.2) is 72.8 Å². The minimum absolute atomic E-state index is 0.0334. The summed E-state index contributed by atoms with van der Waals surface area (Å²) in [5.41, 5.74) is 0.955. The molecule has 3 aromatic carbocycles. The molecule has 3 aromatic rings. The van der Waals surface area contributed by atoms with Gasteiger partial charge in [0.25, 0.3) is 17.5 Å². The highest BCUT2D eigenvalue weighted by molar-refractivity contribution is 5.99. The molecule has 10 heteroatoms. The molecule has 3 rings (SSSR count). The zero-order valence-electron chi connectivity index (χ0n) is 19.0. The number of ether oxygens (including phenoxy) is 2. The van der Waals surface area contributed by atoms with Crippen LogP contribution in [-0.2, 0) is 14.3 Å². The molecule has 1 unspecified atom stereocenters. The minimum atomic E-state index is -1.40. The first kappa shape index (κ1) is 24.9. The third-order valence-electron chi connectivity index (χ3n) is 4.92. The van der Waals surface area contributed by atoms with Crippen LogP contribution in [0.2, 0.25) is 0 Å². The molecule has 0 aromatic heterocycles. The molecule has 0 aliphatic heterocycles. The van der Waals surface area contributed by atoms with Gasteiger partial charge in [-0.2, -0.15) is 0 Å². The average molecular weight is 477 g/mol. The molecule has 35 heavy (non-hydrogen) atoms. The lowest BCUT2D eigenvalue weighted by molar-refractivity contribution is -0.384. The number of rotatable bonds is 9. The van der Waals surface area contributed by atoms with Gasteiger partial charge < -0.3 is 20.1 Å². The summed E-state index contributed by atoms with van der Waals surface area (Å²) in [6, 6.07) is 18.9. The summed E-state index contributed by atoms with van der Waals surface area (Å²) in [6.45, 7) is 1.18. The van der Waals surface area contributed by atoms with Crippen molar-refractivity contribution >= 4 is 29.2 Å². The zero-order valence-corrected chi connectivity index (χ0v) is 19.0. The Morgan fingerprint density at radius 2 is 1.74 bits per heavy atom. The molecule has 0 radical (unpaired) electrons. The number of esters is 1. The van der Waals surface area contributed by atoms with Crippen molar-refractivity contribution in [2.45, 2.75) is 13.0 Å². The number of nitrogens with one attached hydrogen (secondary N) is 2. The van der Waals surface area contributed by atoms with Gasteiger partial charge in [-0.05, 0) is 36.8 Å². The second kappa shape index (κ2) is 11.4. The van der Waals surface area contributed by atoms with Crippen LogP contribution in [0.3, 0.4) is 0 Å². The Hall–Kier alpha value is -4.73. The maximum atomic E-state index is 13.0. The lowest BCUT2D eigenvalue weighted by Gasteiger charge is -2.18. The second-order valence-electron chi connectivity index (χ2n) is 7.46. The van der Waals surface area contributed by atoms with E-state index in [1.807, 2.05) is 0 Å². The minimum Gasteiger partial charge on any atom is -0.497 e. The quantitative estimate of drug-likeness (QED) is 0.273. The third-order valence-corrected chi connectivity index (χ3v) is 4.92. The van der Waals surface area contributed by atoms with Crippen LogP contribution in [0.5, 0.6) is 5.75 Å². The van der Waals surface area contributed by atoms with E-state index in [0.717, 1.165) is 0 Å². The molecule has 0 aliphatic carbocycles. The van der Waals surface area contributed by atoms with Crippen LogP contribution >= 0.6 is 0 Å². The summed E-state index contributed by atoms with van der Waals surface area (Å²) >= 11 is 0. The number of carbonyl (C=O) groups excluding carboxylic acids is 3. The Morgan fingerprint density at radius 1 is 1.00 bits per heavy atom. The molecule has 2 amide bonds. The molecule has 0 saturated carbocycles. The smallest absolute Gasteiger partial charge is 0.326 e. The maximum absolute atomic E-state index is 13.0. The number of methoxy groups -OCH3 is 1. The number of benzene rings is 3. The summed E-state index contributed by atoms with van der Waals surface area (Å²) in [5, 5.41) is 16.3. The predicted molar refractivity (Wildman–Crippen MR) is 127 cm³/mol. The van der Waals surface area contributed by atoms with Gasteiger partial charge in [0.2, 0.25) is 6.10 Å². The number of hydrogen-bond donors (Lipinski definition) is 2. The van der Waals surface area contributed by atoms with Gasteiger partial charge in [-0.3, -0.25) is 24.5 Å². The molecule has 0 saturated heterocycles. The van der Waals surface area contributed by atoms with Crippen LogP contribution in [0, 0.1) is 17.0 Å². The van der Waals surface area contributed by atoms with E-state index in [9.17, 15) is 24.5 Å². The van der Waals surface area contributed by atoms with E-state index in [0.29, 0.717) is 16.9 Å². The fourth-order valence-electron chi connectivity index (χ4n) is 3.19. The number of amides is 2. The first-order chi connectivity index (χ1) is 16.8. The number of nitro benzene ring substituents is 1. The lowest BCUT2D eigenvalue weighted by atomic mass is 10.1. The van der Waals surface area contributed by atoms with Gasteiger partial charge in [0, 0.05) is 17.2 Å². The molecular weight excluding hydrogens is 454 g/mol.